The number of nitrogens with zero attached hydrogens (tertiary/aromatic N) is 1. The molecule has 0 saturated carbocycles. The molecule has 6 nitrogen and oxygen atoms in total. The number of fused-ring (bicyclic) bond motifs is 1. The standard InChI is InChI=1S/C13H15BrN2O4/c1-13(2,3)20-12(17)16-15-6-8-4-9(14)11-10(5-8)18-7-19-11/h4-6H,7H2,1-3H3,(H,16,17)/b15-6-. The van der Waals surface area contributed by atoms with Crippen LogP contribution in [0.1, 0.15) is 26.3 Å². The summed E-state index contributed by atoms with van der Waals surface area (Å²) in [5.41, 5.74) is 2.50. The van der Waals surface area contributed by atoms with Gasteiger partial charge in [0, 0.05) is 0 Å². The SMILES string of the molecule is CC(C)(C)OC(=O)N/N=C\c1cc(Br)c2c(c1)OCO2. The van der Waals surface area contributed by atoms with Crippen molar-refractivity contribution < 1.29 is 19.0 Å². The monoisotopic (exact) mass is 342 g/mol. The van der Waals surface area contributed by atoms with Crippen molar-refractivity contribution in [2.75, 3.05) is 6.79 Å². The highest BCUT2D eigenvalue weighted by atomic mass is 79.9. The molecular formula is C13H15BrN2O4. The van der Waals surface area contributed by atoms with E-state index in [1.165, 1.54) is 6.21 Å². The number of hydrogen-bond donors (Lipinski definition) is 1. The van der Waals surface area contributed by atoms with E-state index in [0.29, 0.717) is 11.5 Å². The normalized spacial score (nSPS) is 13.6. The van der Waals surface area contributed by atoms with Crippen LogP contribution in [0.15, 0.2) is 21.7 Å². The highest BCUT2D eigenvalue weighted by molar-refractivity contribution is 9.10. The number of ether oxygens (including phenoxy) is 3. The lowest BCUT2D eigenvalue weighted by molar-refractivity contribution is 0.0529. The van der Waals surface area contributed by atoms with Gasteiger partial charge in [0.05, 0.1) is 10.7 Å². The van der Waals surface area contributed by atoms with Crippen LogP contribution >= 0.6 is 15.9 Å². The van der Waals surface area contributed by atoms with Crippen LogP contribution in [0, 0.1) is 0 Å². The summed E-state index contributed by atoms with van der Waals surface area (Å²) in [6.45, 7) is 5.55. The van der Waals surface area contributed by atoms with Crippen LogP contribution in [0.4, 0.5) is 4.79 Å². The quantitative estimate of drug-likeness (QED) is 0.662. The average Bonchev–Trinajstić information content (AvgIpc) is 2.75. The minimum Gasteiger partial charge on any atom is -0.454 e. The van der Waals surface area contributed by atoms with Gasteiger partial charge in [-0.3, -0.25) is 0 Å². The summed E-state index contributed by atoms with van der Waals surface area (Å²) in [4.78, 5) is 11.4. The van der Waals surface area contributed by atoms with Gasteiger partial charge in [-0.05, 0) is 54.4 Å². The fourth-order valence-corrected chi connectivity index (χ4v) is 2.10. The van der Waals surface area contributed by atoms with Crippen molar-refractivity contribution in [2.24, 2.45) is 5.10 Å². The molecule has 1 heterocycles. The molecule has 0 radical (unpaired) electrons. The van der Waals surface area contributed by atoms with E-state index in [4.69, 9.17) is 14.2 Å². The van der Waals surface area contributed by atoms with E-state index in [1.807, 2.05) is 6.07 Å². The van der Waals surface area contributed by atoms with Gasteiger partial charge >= 0.3 is 6.09 Å². The predicted octanol–water partition coefficient (Wildman–Crippen LogP) is 3.04. The number of amides is 1. The molecule has 1 N–H and O–H groups in total. The Morgan fingerprint density at radius 1 is 1.45 bits per heavy atom. The summed E-state index contributed by atoms with van der Waals surface area (Å²) >= 11 is 3.38. The molecule has 2 rings (SSSR count). The molecule has 0 unspecified atom stereocenters. The molecule has 0 spiro atoms. The highest BCUT2D eigenvalue weighted by Crippen LogP contribution is 2.39. The zero-order valence-corrected chi connectivity index (χ0v) is 13.0. The summed E-state index contributed by atoms with van der Waals surface area (Å²) < 4.78 is 16.4. The van der Waals surface area contributed by atoms with Crippen LogP contribution in [-0.2, 0) is 4.74 Å². The van der Waals surface area contributed by atoms with Gasteiger partial charge in [-0.1, -0.05) is 0 Å². The van der Waals surface area contributed by atoms with E-state index in [1.54, 1.807) is 26.8 Å². The van der Waals surface area contributed by atoms with Crippen molar-refractivity contribution in [2.45, 2.75) is 26.4 Å². The molecule has 1 aliphatic heterocycles. The Hall–Kier alpha value is -1.76. The van der Waals surface area contributed by atoms with Crippen molar-refractivity contribution in [3.8, 4) is 11.5 Å². The van der Waals surface area contributed by atoms with Gasteiger partial charge in [0.1, 0.15) is 5.60 Å². The minimum absolute atomic E-state index is 0.199. The third kappa shape index (κ3) is 3.86. The zero-order chi connectivity index (χ0) is 14.8. The van der Waals surface area contributed by atoms with Gasteiger partial charge < -0.3 is 14.2 Å². The lowest BCUT2D eigenvalue weighted by Gasteiger charge is -2.18. The first kappa shape index (κ1) is 14.6. The molecule has 0 aromatic heterocycles. The first-order chi connectivity index (χ1) is 9.35. The van der Waals surface area contributed by atoms with Gasteiger partial charge in [-0.2, -0.15) is 5.10 Å². The van der Waals surface area contributed by atoms with Crippen LogP contribution in [-0.4, -0.2) is 24.7 Å². The van der Waals surface area contributed by atoms with Gasteiger partial charge in [0.25, 0.3) is 0 Å². The Kier molecular flexibility index (Phi) is 4.17. The van der Waals surface area contributed by atoms with Gasteiger partial charge in [-0.25, -0.2) is 10.2 Å². The summed E-state index contributed by atoms with van der Waals surface area (Å²) in [6, 6.07) is 3.58. The Bertz CT molecular complexity index is 552. The van der Waals surface area contributed by atoms with Crippen molar-refractivity contribution in [1.29, 1.82) is 0 Å². The van der Waals surface area contributed by atoms with E-state index < -0.39 is 11.7 Å². The number of carbonyl (C=O) groups is 1. The lowest BCUT2D eigenvalue weighted by atomic mass is 10.2. The number of hydrogen-bond acceptors (Lipinski definition) is 5. The third-order valence-electron chi connectivity index (χ3n) is 2.22. The van der Waals surface area contributed by atoms with Gasteiger partial charge in [-0.15, -0.1) is 0 Å². The van der Waals surface area contributed by atoms with E-state index in [2.05, 4.69) is 26.5 Å². The van der Waals surface area contributed by atoms with E-state index in [9.17, 15) is 4.79 Å². The predicted molar refractivity (Wildman–Crippen MR) is 77.2 cm³/mol. The zero-order valence-electron chi connectivity index (χ0n) is 11.4. The molecule has 1 amide bonds. The van der Waals surface area contributed by atoms with Crippen LogP contribution < -0.4 is 14.9 Å². The Balaban J connectivity index is 1.99. The van der Waals surface area contributed by atoms with Crippen molar-refractivity contribution in [3.05, 3.63) is 22.2 Å². The number of halogens is 1. The maximum atomic E-state index is 11.4. The molecule has 1 aliphatic rings. The summed E-state index contributed by atoms with van der Waals surface area (Å²) in [5, 5.41) is 3.83. The lowest BCUT2D eigenvalue weighted by Crippen LogP contribution is -2.29. The molecule has 0 fully saturated rings. The molecule has 0 aliphatic carbocycles. The summed E-state index contributed by atoms with van der Waals surface area (Å²) in [5.74, 6) is 1.31. The highest BCUT2D eigenvalue weighted by Gasteiger charge is 2.18. The maximum Gasteiger partial charge on any atom is 0.428 e. The topological polar surface area (TPSA) is 69.2 Å². The fraction of sp³-hybridized carbons (Fsp3) is 0.385. The molecule has 20 heavy (non-hydrogen) atoms. The Labute approximate surface area is 125 Å². The summed E-state index contributed by atoms with van der Waals surface area (Å²) in [6.07, 6.45) is 0.893. The van der Waals surface area contributed by atoms with E-state index in [0.717, 1.165) is 10.0 Å². The molecule has 108 valence electrons. The molecule has 1 aromatic rings. The second kappa shape index (κ2) is 5.70. The largest absolute Gasteiger partial charge is 0.454 e. The minimum atomic E-state index is -0.603. The number of rotatable bonds is 2. The fourth-order valence-electron chi connectivity index (χ4n) is 1.52. The Morgan fingerprint density at radius 3 is 2.90 bits per heavy atom. The van der Waals surface area contributed by atoms with Gasteiger partial charge in [0.15, 0.2) is 11.5 Å². The number of benzene rings is 1. The van der Waals surface area contributed by atoms with Crippen LogP contribution in [0.5, 0.6) is 11.5 Å². The van der Waals surface area contributed by atoms with E-state index in [-0.39, 0.29) is 6.79 Å². The molecule has 0 atom stereocenters. The molecule has 0 bridgehead atoms. The number of carbonyl (C=O) groups excluding carboxylic acids is 1. The van der Waals surface area contributed by atoms with Crippen molar-refractivity contribution >= 4 is 28.2 Å². The number of hydrazone groups is 1. The average molecular weight is 343 g/mol. The number of nitrogens with one attached hydrogen (secondary N) is 1. The molecular weight excluding hydrogens is 328 g/mol. The molecule has 1 aromatic carbocycles. The van der Waals surface area contributed by atoms with Crippen LogP contribution in [0.2, 0.25) is 0 Å². The summed E-state index contributed by atoms with van der Waals surface area (Å²) in [7, 11) is 0. The second-order valence-corrected chi connectivity index (χ2v) is 5.96. The van der Waals surface area contributed by atoms with Crippen molar-refractivity contribution in [1.82, 2.24) is 5.43 Å². The first-order valence-corrected chi connectivity index (χ1v) is 6.76. The van der Waals surface area contributed by atoms with Crippen LogP contribution in [0.3, 0.4) is 0 Å². The van der Waals surface area contributed by atoms with Crippen LogP contribution in [0.25, 0.3) is 0 Å². The molecule has 0 saturated heterocycles. The van der Waals surface area contributed by atoms with E-state index >= 15 is 0 Å². The Morgan fingerprint density at radius 2 is 2.20 bits per heavy atom. The first-order valence-electron chi connectivity index (χ1n) is 5.96. The van der Waals surface area contributed by atoms with Crippen molar-refractivity contribution in [3.63, 3.8) is 0 Å². The maximum absolute atomic E-state index is 11.4. The smallest absolute Gasteiger partial charge is 0.428 e. The van der Waals surface area contributed by atoms with Gasteiger partial charge in [0.2, 0.25) is 6.79 Å². The second-order valence-electron chi connectivity index (χ2n) is 5.11. The third-order valence-corrected chi connectivity index (χ3v) is 2.81. The molecule has 7 heteroatoms.